The van der Waals surface area contributed by atoms with Gasteiger partial charge in [0.1, 0.15) is 5.82 Å². The average molecular weight is 314 g/mol. The minimum atomic E-state index is -0.546. The van der Waals surface area contributed by atoms with Crippen molar-refractivity contribution >= 4 is 23.2 Å². The van der Waals surface area contributed by atoms with Crippen molar-refractivity contribution in [1.29, 1.82) is 0 Å². The van der Waals surface area contributed by atoms with E-state index in [0.29, 0.717) is 12.1 Å². The number of anilines is 2. The molecule has 0 bridgehead atoms. The van der Waals surface area contributed by atoms with Crippen LogP contribution in [0, 0.1) is 5.82 Å². The molecule has 0 saturated heterocycles. The van der Waals surface area contributed by atoms with Gasteiger partial charge in [-0.15, -0.1) is 0 Å². The van der Waals surface area contributed by atoms with Gasteiger partial charge in [-0.3, -0.25) is 9.59 Å². The normalized spacial score (nSPS) is 11.6. The van der Waals surface area contributed by atoms with Crippen molar-refractivity contribution in [3.05, 3.63) is 59.9 Å². The molecular weight excluding hydrogens is 295 g/mol. The molecule has 1 atom stereocenters. The summed E-state index contributed by atoms with van der Waals surface area (Å²) in [4.78, 5) is 23.2. The van der Waals surface area contributed by atoms with Crippen LogP contribution in [0.4, 0.5) is 15.8 Å². The summed E-state index contributed by atoms with van der Waals surface area (Å²) in [6.07, 6.45) is 0.316. The second kappa shape index (κ2) is 7.54. The molecule has 0 aromatic heterocycles. The molecule has 0 fully saturated rings. The van der Waals surface area contributed by atoms with Crippen LogP contribution in [0.5, 0.6) is 0 Å². The van der Waals surface area contributed by atoms with E-state index in [4.69, 9.17) is 0 Å². The van der Waals surface area contributed by atoms with Crippen LogP contribution in [-0.2, 0) is 9.59 Å². The Morgan fingerprint density at radius 2 is 1.78 bits per heavy atom. The highest BCUT2D eigenvalue weighted by molar-refractivity contribution is 5.93. The highest BCUT2D eigenvalue weighted by Crippen LogP contribution is 2.22. The highest BCUT2D eigenvalue weighted by Gasteiger charge is 2.12. The largest absolute Gasteiger partial charge is 0.326 e. The number of nitrogens with one attached hydrogen (secondary N) is 2. The number of hydrogen-bond donors (Lipinski definition) is 2. The second-order valence-corrected chi connectivity index (χ2v) is 5.44. The minimum absolute atomic E-state index is 0.0476. The Balaban J connectivity index is 2.01. The van der Waals surface area contributed by atoms with Gasteiger partial charge in [0.2, 0.25) is 11.8 Å². The SMILES string of the molecule is CC(=O)Nc1cc(NC(=O)CC(C)c2ccccc2)ccc1F. The van der Waals surface area contributed by atoms with Gasteiger partial charge in [0.05, 0.1) is 5.69 Å². The maximum Gasteiger partial charge on any atom is 0.224 e. The van der Waals surface area contributed by atoms with Crippen LogP contribution in [0.2, 0.25) is 0 Å². The molecule has 0 aliphatic carbocycles. The molecule has 23 heavy (non-hydrogen) atoms. The topological polar surface area (TPSA) is 58.2 Å². The van der Waals surface area contributed by atoms with Gasteiger partial charge in [0.15, 0.2) is 0 Å². The summed E-state index contributed by atoms with van der Waals surface area (Å²) in [5.74, 6) is -1.01. The predicted molar refractivity (Wildman–Crippen MR) is 88.8 cm³/mol. The maximum atomic E-state index is 13.6. The zero-order valence-electron chi connectivity index (χ0n) is 13.1. The Hall–Kier alpha value is -2.69. The van der Waals surface area contributed by atoms with Crippen LogP contribution in [0.1, 0.15) is 31.7 Å². The van der Waals surface area contributed by atoms with E-state index in [1.807, 2.05) is 37.3 Å². The summed E-state index contributed by atoms with van der Waals surface area (Å²) in [7, 11) is 0. The quantitative estimate of drug-likeness (QED) is 0.879. The lowest BCUT2D eigenvalue weighted by Gasteiger charge is -2.13. The van der Waals surface area contributed by atoms with Crippen molar-refractivity contribution in [1.82, 2.24) is 0 Å². The molecule has 1 unspecified atom stereocenters. The van der Waals surface area contributed by atoms with Crippen molar-refractivity contribution in [3.63, 3.8) is 0 Å². The van der Waals surface area contributed by atoms with Gasteiger partial charge >= 0.3 is 0 Å². The van der Waals surface area contributed by atoms with E-state index in [2.05, 4.69) is 10.6 Å². The molecule has 0 saturated carbocycles. The molecule has 2 aromatic carbocycles. The summed E-state index contributed by atoms with van der Waals surface area (Å²) in [5, 5.41) is 5.11. The van der Waals surface area contributed by atoms with E-state index in [1.54, 1.807) is 0 Å². The number of amides is 2. The molecule has 2 rings (SSSR count). The zero-order chi connectivity index (χ0) is 16.8. The number of carbonyl (C=O) groups excluding carboxylic acids is 2. The Morgan fingerprint density at radius 1 is 1.09 bits per heavy atom. The van der Waals surface area contributed by atoms with Crippen LogP contribution in [0.3, 0.4) is 0 Å². The fourth-order valence-corrected chi connectivity index (χ4v) is 2.28. The van der Waals surface area contributed by atoms with Crippen LogP contribution in [-0.4, -0.2) is 11.8 Å². The maximum absolute atomic E-state index is 13.6. The number of hydrogen-bond acceptors (Lipinski definition) is 2. The molecule has 2 amide bonds. The van der Waals surface area contributed by atoms with Crippen molar-refractivity contribution in [3.8, 4) is 0 Å². The Labute approximate surface area is 134 Å². The van der Waals surface area contributed by atoms with Crippen LogP contribution in [0.15, 0.2) is 48.5 Å². The van der Waals surface area contributed by atoms with Gasteiger partial charge < -0.3 is 10.6 Å². The minimum Gasteiger partial charge on any atom is -0.326 e. The summed E-state index contributed by atoms with van der Waals surface area (Å²) < 4.78 is 13.6. The summed E-state index contributed by atoms with van der Waals surface area (Å²) in [5.41, 5.74) is 1.58. The summed E-state index contributed by atoms with van der Waals surface area (Å²) in [6.45, 7) is 3.27. The fourth-order valence-electron chi connectivity index (χ4n) is 2.28. The standard InChI is InChI=1S/C18H19FN2O2/c1-12(14-6-4-3-5-7-14)10-18(23)21-15-8-9-16(19)17(11-15)20-13(2)22/h3-9,11-12H,10H2,1-2H3,(H,20,22)(H,21,23). The first-order valence-corrected chi connectivity index (χ1v) is 7.37. The second-order valence-electron chi connectivity index (χ2n) is 5.44. The van der Waals surface area contributed by atoms with Crippen LogP contribution < -0.4 is 10.6 Å². The number of halogens is 1. The first-order chi connectivity index (χ1) is 11.0. The molecule has 2 N–H and O–H groups in total. The molecule has 2 aromatic rings. The van der Waals surface area contributed by atoms with Gasteiger partial charge in [-0.1, -0.05) is 37.3 Å². The van der Waals surface area contributed by atoms with E-state index < -0.39 is 5.82 Å². The number of rotatable bonds is 5. The molecule has 0 aliphatic heterocycles. The third-order valence-electron chi connectivity index (χ3n) is 3.42. The smallest absolute Gasteiger partial charge is 0.224 e. The lowest BCUT2D eigenvalue weighted by molar-refractivity contribution is -0.116. The fraction of sp³-hybridized carbons (Fsp3) is 0.222. The molecule has 0 spiro atoms. The van der Waals surface area contributed by atoms with Gasteiger partial charge in [0, 0.05) is 19.0 Å². The van der Waals surface area contributed by atoms with Gasteiger partial charge in [-0.05, 0) is 29.7 Å². The third kappa shape index (κ3) is 4.92. The van der Waals surface area contributed by atoms with Crippen molar-refractivity contribution in [2.75, 3.05) is 10.6 Å². The van der Waals surface area contributed by atoms with Crippen LogP contribution in [0.25, 0.3) is 0 Å². The van der Waals surface area contributed by atoms with Crippen molar-refractivity contribution < 1.29 is 14.0 Å². The molecular formula is C18H19FN2O2. The Kier molecular flexibility index (Phi) is 5.46. The Bertz CT molecular complexity index is 701. The van der Waals surface area contributed by atoms with Crippen molar-refractivity contribution in [2.24, 2.45) is 0 Å². The van der Waals surface area contributed by atoms with E-state index in [-0.39, 0.29) is 23.4 Å². The zero-order valence-corrected chi connectivity index (χ0v) is 13.1. The molecule has 5 heteroatoms. The lowest BCUT2D eigenvalue weighted by Crippen LogP contribution is -2.15. The summed E-state index contributed by atoms with van der Waals surface area (Å²) in [6, 6.07) is 13.8. The van der Waals surface area contributed by atoms with E-state index in [0.717, 1.165) is 5.56 Å². The monoisotopic (exact) mass is 314 g/mol. The molecule has 0 radical (unpaired) electrons. The number of benzene rings is 2. The third-order valence-corrected chi connectivity index (χ3v) is 3.42. The van der Waals surface area contributed by atoms with Crippen molar-refractivity contribution in [2.45, 2.75) is 26.2 Å². The average Bonchev–Trinajstić information content (AvgIpc) is 2.51. The molecule has 120 valence electrons. The van der Waals surface area contributed by atoms with Gasteiger partial charge in [0.25, 0.3) is 0 Å². The highest BCUT2D eigenvalue weighted by atomic mass is 19.1. The summed E-state index contributed by atoms with van der Waals surface area (Å²) >= 11 is 0. The number of carbonyl (C=O) groups is 2. The van der Waals surface area contributed by atoms with Gasteiger partial charge in [-0.25, -0.2) is 4.39 Å². The lowest BCUT2D eigenvalue weighted by atomic mass is 9.97. The van der Waals surface area contributed by atoms with Gasteiger partial charge in [-0.2, -0.15) is 0 Å². The first kappa shape index (κ1) is 16.7. The predicted octanol–water partition coefficient (Wildman–Crippen LogP) is 3.92. The molecule has 0 aliphatic rings. The van der Waals surface area contributed by atoms with E-state index >= 15 is 0 Å². The Morgan fingerprint density at radius 3 is 2.43 bits per heavy atom. The van der Waals surface area contributed by atoms with E-state index in [1.165, 1.54) is 25.1 Å². The molecule has 4 nitrogen and oxygen atoms in total. The molecule has 0 heterocycles. The van der Waals surface area contributed by atoms with E-state index in [9.17, 15) is 14.0 Å². The first-order valence-electron chi connectivity index (χ1n) is 7.37. The van der Waals surface area contributed by atoms with Crippen LogP contribution >= 0.6 is 0 Å².